The van der Waals surface area contributed by atoms with Crippen LogP contribution in [0.5, 0.6) is 0 Å². The summed E-state index contributed by atoms with van der Waals surface area (Å²) in [6.07, 6.45) is 1.29. The molecule has 0 fully saturated rings. The average molecular weight is 468 g/mol. The van der Waals surface area contributed by atoms with E-state index in [0.717, 1.165) is 0 Å². The number of aliphatic carboxylic acids is 1. The molecule has 0 bridgehead atoms. The Hall–Kier alpha value is -2.82. The molecule has 3 rings (SSSR count). The molecule has 1 aromatic carbocycles. The number of benzene rings is 1. The highest BCUT2D eigenvalue weighted by molar-refractivity contribution is 7.07. The third kappa shape index (κ3) is 5.62. The first-order chi connectivity index (χ1) is 14.3. The number of halogens is 2. The molecule has 3 aromatic rings. The van der Waals surface area contributed by atoms with Crippen LogP contribution in [0.3, 0.4) is 0 Å². The number of amides is 1. The third-order valence-electron chi connectivity index (χ3n) is 4.06. The Morgan fingerprint density at radius 2 is 1.97 bits per heavy atom. The lowest BCUT2D eigenvalue weighted by Crippen LogP contribution is -2.43. The fourth-order valence-corrected chi connectivity index (χ4v) is 3.69. The first kappa shape index (κ1) is 21.9. The number of aromatic nitrogens is 4. The largest absolute Gasteiger partial charge is 0.481 e. The molecule has 1 amide bonds. The summed E-state index contributed by atoms with van der Waals surface area (Å²) in [5.41, 5.74) is 2.78. The molecule has 0 aliphatic heterocycles. The van der Waals surface area contributed by atoms with Crippen LogP contribution in [0.4, 0.5) is 0 Å². The molecule has 156 valence electrons. The van der Waals surface area contributed by atoms with Crippen molar-refractivity contribution in [1.82, 2.24) is 25.3 Å². The van der Waals surface area contributed by atoms with E-state index < -0.39 is 30.1 Å². The number of ketones is 1. The van der Waals surface area contributed by atoms with Crippen LogP contribution in [-0.2, 0) is 22.6 Å². The van der Waals surface area contributed by atoms with E-state index in [1.54, 1.807) is 18.2 Å². The number of rotatable bonds is 9. The SMILES string of the molecule is O=C(O)CC(NC(=O)c1cscn1)C(=O)Cn1cc(Cc2c(Cl)cccc2Cl)nn1. The quantitative estimate of drug-likeness (QED) is 0.494. The van der Waals surface area contributed by atoms with E-state index in [-0.39, 0.29) is 12.2 Å². The molecule has 0 saturated heterocycles. The van der Waals surface area contributed by atoms with Crippen molar-refractivity contribution in [3.05, 3.63) is 62.3 Å². The second kappa shape index (κ2) is 9.79. The minimum absolute atomic E-state index is 0.114. The number of hydrogen-bond acceptors (Lipinski definition) is 7. The van der Waals surface area contributed by atoms with E-state index in [1.165, 1.54) is 33.1 Å². The van der Waals surface area contributed by atoms with Crippen molar-refractivity contribution in [2.24, 2.45) is 0 Å². The number of nitrogens with one attached hydrogen (secondary N) is 1. The first-order valence-corrected chi connectivity index (χ1v) is 10.3. The smallest absolute Gasteiger partial charge is 0.305 e. The van der Waals surface area contributed by atoms with Gasteiger partial charge in [-0.05, 0) is 17.7 Å². The Kier molecular flexibility index (Phi) is 7.14. The van der Waals surface area contributed by atoms with Crippen molar-refractivity contribution in [1.29, 1.82) is 0 Å². The fraction of sp³-hybridized carbons (Fsp3) is 0.222. The van der Waals surface area contributed by atoms with E-state index in [4.69, 9.17) is 28.3 Å². The maximum Gasteiger partial charge on any atom is 0.305 e. The minimum Gasteiger partial charge on any atom is -0.481 e. The highest BCUT2D eigenvalue weighted by atomic mass is 35.5. The lowest BCUT2D eigenvalue weighted by Gasteiger charge is -2.15. The molecule has 0 saturated carbocycles. The van der Waals surface area contributed by atoms with Crippen LogP contribution in [0.1, 0.15) is 28.2 Å². The van der Waals surface area contributed by atoms with Gasteiger partial charge in [0.15, 0.2) is 5.78 Å². The number of thiazole rings is 1. The zero-order chi connectivity index (χ0) is 21.7. The lowest BCUT2D eigenvalue weighted by atomic mass is 10.1. The number of carboxylic acids is 1. The maximum absolute atomic E-state index is 12.6. The number of carboxylic acid groups (broad SMARTS) is 1. The predicted molar refractivity (Wildman–Crippen MR) is 110 cm³/mol. The molecular weight excluding hydrogens is 453 g/mol. The molecule has 0 spiro atoms. The molecule has 2 heterocycles. The van der Waals surface area contributed by atoms with Gasteiger partial charge in [-0.3, -0.25) is 14.4 Å². The number of hydrogen-bond donors (Lipinski definition) is 2. The highest BCUT2D eigenvalue weighted by Crippen LogP contribution is 2.26. The second-order valence-electron chi connectivity index (χ2n) is 6.25. The van der Waals surface area contributed by atoms with Crippen LogP contribution in [-0.4, -0.2) is 48.8 Å². The lowest BCUT2D eigenvalue weighted by molar-refractivity contribution is -0.139. The molecule has 12 heteroatoms. The summed E-state index contributed by atoms with van der Waals surface area (Å²) >= 11 is 13.5. The highest BCUT2D eigenvalue weighted by Gasteiger charge is 2.25. The Morgan fingerprint density at radius 3 is 2.60 bits per heavy atom. The van der Waals surface area contributed by atoms with Crippen LogP contribution in [0.25, 0.3) is 0 Å². The van der Waals surface area contributed by atoms with Crippen LogP contribution < -0.4 is 5.32 Å². The van der Waals surface area contributed by atoms with E-state index in [0.29, 0.717) is 27.7 Å². The van der Waals surface area contributed by atoms with Gasteiger partial charge in [0.25, 0.3) is 5.91 Å². The standard InChI is InChI=1S/C18H15Cl2N5O4S/c19-12-2-1-3-13(20)11(12)4-10-6-25(24-23-10)7-16(26)14(5-17(27)28)22-18(29)15-8-30-9-21-15/h1-3,6,8-9,14H,4-5,7H2,(H,22,29)(H,27,28). The van der Waals surface area contributed by atoms with Gasteiger partial charge in [0, 0.05) is 28.0 Å². The Labute approximate surface area is 184 Å². The van der Waals surface area contributed by atoms with Crippen LogP contribution in [0.2, 0.25) is 10.0 Å². The molecule has 9 nitrogen and oxygen atoms in total. The average Bonchev–Trinajstić information content (AvgIpc) is 3.36. The van der Waals surface area contributed by atoms with Gasteiger partial charge in [0.1, 0.15) is 18.3 Å². The zero-order valence-corrected chi connectivity index (χ0v) is 17.6. The van der Waals surface area contributed by atoms with E-state index in [9.17, 15) is 14.4 Å². The van der Waals surface area contributed by atoms with Gasteiger partial charge in [0.05, 0.1) is 17.6 Å². The summed E-state index contributed by atoms with van der Waals surface area (Å²) in [6.45, 7) is -0.265. The van der Waals surface area contributed by atoms with E-state index in [2.05, 4.69) is 20.6 Å². The monoisotopic (exact) mass is 467 g/mol. The van der Waals surface area contributed by atoms with Crippen molar-refractivity contribution in [2.45, 2.75) is 25.4 Å². The van der Waals surface area contributed by atoms with Gasteiger partial charge in [-0.2, -0.15) is 0 Å². The molecule has 1 atom stereocenters. The summed E-state index contributed by atoms with van der Waals surface area (Å²) in [6, 6.07) is 3.91. The normalized spacial score (nSPS) is 11.8. The number of Topliss-reactive ketones (excluding diaryl/α,β-unsaturated/α-hetero) is 1. The fourth-order valence-electron chi connectivity index (χ4n) is 2.63. The summed E-state index contributed by atoms with van der Waals surface area (Å²) in [4.78, 5) is 39.7. The van der Waals surface area contributed by atoms with E-state index in [1.807, 2.05) is 0 Å². The molecule has 2 aromatic heterocycles. The summed E-state index contributed by atoms with van der Waals surface area (Å²) in [7, 11) is 0. The van der Waals surface area contributed by atoms with Crippen LogP contribution in [0.15, 0.2) is 35.3 Å². The van der Waals surface area contributed by atoms with Crippen molar-refractivity contribution in [3.8, 4) is 0 Å². The van der Waals surface area contributed by atoms with Crippen molar-refractivity contribution in [3.63, 3.8) is 0 Å². The zero-order valence-electron chi connectivity index (χ0n) is 15.3. The number of carbonyl (C=O) groups is 3. The van der Waals surface area contributed by atoms with Gasteiger partial charge >= 0.3 is 5.97 Å². The van der Waals surface area contributed by atoms with Gasteiger partial charge in [-0.1, -0.05) is 34.5 Å². The molecule has 2 N–H and O–H groups in total. The van der Waals surface area contributed by atoms with E-state index >= 15 is 0 Å². The van der Waals surface area contributed by atoms with Crippen molar-refractivity contribution < 1.29 is 19.5 Å². The van der Waals surface area contributed by atoms with Gasteiger partial charge in [-0.25, -0.2) is 9.67 Å². The molecule has 0 aliphatic carbocycles. The number of carbonyl (C=O) groups excluding carboxylic acids is 2. The summed E-state index contributed by atoms with van der Waals surface area (Å²) in [5.74, 6) is -2.38. The topological polar surface area (TPSA) is 127 Å². The molecule has 0 aliphatic rings. The van der Waals surface area contributed by atoms with Gasteiger partial charge in [-0.15, -0.1) is 16.4 Å². The third-order valence-corrected chi connectivity index (χ3v) is 5.36. The molecule has 1 unspecified atom stereocenters. The minimum atomic E-state index is -1.23. The van der Waals surface area contributed by atoms with Gasteiger partial charge < -0.3 is 10.4 Å². The van der Waals surface area contributed by atoms with Crippen LogP contribution >= 0.6 is 34.5 Å². The van der Waals surface area contributed by atoms with Crippen molar-refractivity contribution in [2.75, 3.05) is 0 Å². The van der Waals surface area contributed by atoms with Crippen LogP contribution in [0, 0.1) is 0 Å². The first-order valence-electron chi connectivity index (χ1n) is 8.59. The second-order valence-corrected chi connectivity index (χ2v) is 7.78. The molecule has 0 radical (unpaired) electrons. The maximum atomic E-state index is 12.6. The Morgan fingerprint density at radius 1 is 1.23 bits per heavy atom. The Bertz CT molecular complexity index is 1050. The van der Waals surface area contributed by atoms with Crippen molar-refractivity contribution >= 4 is 52.2 Å². The molecular formula is C18H15Cl2N5O4S. The molecule has 30 heavy (non-hydrogen) atoms. The number of nitrogens with zero attached hydrogens (tertiary/aromatic N) is 4. The predicted octanol–water partition coefficient (Wildman–Crippen LogP) is 2.47. The summed E-state index contributed by atoms with van der Waals surface area (Å²) in [5, 5.41) is 21.9. The summed E-state index contributed by atoms with van der Waals surface area (Å²) < 4.78 is 1.27. The van der Waals surface area contributed by atoms with Gasteiger partial charge in [0.2, 0.25) is 0 Å². The Balaban J connectivity index is 1.68.